The fraction of sp³-hybridized carbons (Fsp3) is 0.786. The smallest absolute Gasteiger partial charge is 0.0971 e. The second-order valence-corrected chi connectivity index (χ2v) is 6.85. The lowest BCUT2D eigenvalue weighted by Crippen LogP contribution is -2.12. The summed E-state index contributed by atoms with van der Waals surface area (Å²) in [6, 6.07) is 0. The van der Waals surface area contributed by atoms with Crippen LogP contribution in [0.25, 0.3) is 0 Å². The molecule has 2 nitrogen and oxygen atoms in total. The van der Waals surface area contributed by atoms with Crippen molar-refractivity contribution in [2.24, 2.45) is 5.92 Å². The quantitative estimate of drug-likeness (QED) is 0.823. The van der Waals surface area contributed by atoms with Gasteiger partial charge in [0, 0.05) is 10.8 Å². The maximum Gasteiger partial charge on any atom is 0.0971 e. The van der Waals surface area contributed by atoms with Crippen molar-refractivity contribution in [1.82, 2.24) is 4.98 Å². The van der Waals surface area contributed by atoms with Gasteiger partial charge in [-0.15, -0.1) is 11.3 Å². The minimum Gasteiger partial charge on any atom is -0.387 e. The van der Waals surface area contributed by atoms with Crippen LogP contribution in [0.2, 0.25) is 0 Å². The van der Waals surface area contributed by atoms with Crippen LogP contribution in [-0.2, 0) is 6.42 Å². The highest BCUT2D eigenvalue weighted by Crippen LogP contribution is 2.41. The molecule has 94 valence electrons. The first-order valence-electron chi connectivity index (χ1n) is 6.91. The first-order chi connectivity index (χ1) is 8.24. The van der Waals surface area contributed by atoms with Crippen molar-refractivity contribution in [1.29, 1.82) is 0 Å². The molecule has 1 saturated carbocycles. The molecule has 2 aliphatic rings. The van der Waals surface area contributed by atoms with Gasteiger partial charge in [0.1, 0.15) is 0 Å². The largest absolute Gasteiger partial charge is 0.387 e. The molecule has 0 radical (unpaired) electrons. The van der Waals surface area contributed by atoms with Crippen LogP contribution >= 0.6 is 11.3 Å². The van der Waals surface area contributed by atoms with Crippen molar-refractivity contribution in [2.45, 2.75) is 63.9 Å². The Bertz CT molecular complexity index is 401. The van der Waals surface area contributed by atoms with E-state index < -0.39 is 0 Å². The van der Waals surface area contributed by atoms with Crippen molar-refractivity contribution < 1.29 is 5.11 Å². The summed E-state index contributed by atoms with van der Waals surface area (Å²) in [6.07, 6.45) is 8.18. The predicted molar refractivity (Wildman–Crippen MR) is 70.4 cm³/mol. The van der Waals surface area contributed by atoms with E-state index in [1.54, 1.807) is 0 Å². The second-order valence-electron chi connectivity index (χ2n) is 5.74. The molecule has 17 heavy (non-hydrogen) atoms. The minimum absolute atomic E-state index is 0.287. The van der Waals surface area contributed by atoms with Gasteiger partial charge in [0.15, 0.2) is 0 Å². The summed E-state index contributed by atoms with van der Waals surface area (Å²) < 4.78 is 0. The zero-order chi connectivity index (χ0) is 11.8. The Labute approximate surface area is 107 Å². The standard InChI is InChI=1S/C14H21NOS/c1-9-4-2-5-10(8-9)14-15-13-11(16)6-3-7-12(13)17-14/h9-11,16H,2-8H2,1H3. The molecule has 1 fully saturated rings. The Hall–Kier alpha value is -0.410. The number of hydrogen-bond donors (Lipinski definition) is 1. The van der Waals surface area contributed by atoms with Crippen LogP contribution in [0.15, 0.2) is 0 Å². The monoisotopic (exact) mass is 251 g/mol. The molecule has 3 rings (SSSR count). The lowest BCUT2D eigenvalue weighted by molar-refractivity contribution is 0.152. The SMILES string of the molecule is CC1CCCC(c2nc3c(s2)CCCC3O)C1. The third-order valence-corrected chi connectivity index (χ3v) is 5.52. The highest BCUT2D eigenvalue weighted by atomic mass is 32.1. The van der Waals surface area contributed by atoms with Crippen LogP contribution in [-0.4, -0.2) is 10.1 Å². The summed E-state index contributed by atoms with van der Waals surface area (Å²) in [4.78, 5) is 6.12. The molecule has 0 bridgehead atoms. The number of hydrogen-bond acceptors (Lipinski definition) is 3. The van der Waals surface area contributed by atoms with Crippen molar-refractivity contribution in [3.05, 3.63) is 15.6 Å². The highest BCUT2D eigenvalue weighted by Gasteiger charge is 2.28. The zero-order valence-electron chi connectivity index (χ0n) is 10.5. The lowest BCUT2D eigenvalue weighted by atomic mass is 9.83. The number of aliphatic hydroxyl groups excluding tert-OH is 1. The molecule has 0 amide bonds. The number of nitrogens with zero attached hydrogens (tertiary/aromatic N) is 1. The van der Waals surface area contributed by atoms with E-state index >= 15 is 0 Å². The molecule has 0 spiro atoms. The van der Waals surface area contributed by atoms with E-state index in [1.807, 2.05) is 11.3 Å². The predicted octanol–water partition coefficient (Wildman–Crippen LogP) is 3.81. The molecule has 3 atom stereocenters. The van der Waals surface area contributed by atoms with Crippen molar-refractivity contribution >= 4 is 11.3 Å². The van der Waals surface area contributed by atoms with Gasteiger partial charge in [-0.05, 0) is 38.0 Å². The number of thiazole rings is 1. The normalized spacial score (nSPS) is 33.4. The molecule has 1 aromatic rings. The average molecular weight is 251 g/mol. The fourth-order valence-electron chi connectivity index (χ4n) is 3.25. The lowest BCUT2D eigenvalue weighted by Gasteiger charge is -2.24. The van der Waals surface area contributed by atoms with E-state index in [0.29, 0.717) is 5.92 Å². The van der Waals surface area contributed by atoms with Gasteiger partial charge in [0.05, 0.1) is 16.8 Å². The van der Waals surface area contributed by atoms with E-state index in [-0.39, 0.29) is 6.10 Å². The van der Waals surface area contributed by atoms with Gasteiger partial charge in [-0.25, -0.2) is 4.98 Å². The Morgan fingerprint density at radius 2 is 2.12 bits per heavy atom. The Morgan fingerprint density at radius 3 is 2.88 bits per heavy atom. The average Bonchev–Trinajstić information content (AvgIpc) is 2.74. The molecule has 0 saturated heterocycles. The second kappa shape index (κ2) is 4.69. The highest BCUT2D eigenvalue weighted by molar-refractivity contribution is 7.11. The van der Waals surface area contributed by atoms with E-state index in [4.69, 9.17) is 4.98 Å². The maximum absolute atomic E-state index is 9.97. The van der Waals surface area contributed by atoms with Gasteiger partial charge in [-0.3, -0.25) is 0 Å². The molecule has 1 aromatic heterocycles. The summed E-state index contributed by atoms with van der Waals surface area (Å²) in [7, 11) is 0. The van der Waals surface area contributed by atoms with E-state index in [1.165, 1.54) is 35.6 Å². The number of aryl methyl sites for hydroxylation is 1. The van der Waals surface area contributed by atoms with Crippen LogP contribution in [0, 0.1) is 5.92 Å². The molecule has 3 unspecified atom stereocenters. The zero-order valence-corrected chi connectivity index (χ0v) is 11.3. The summed E-state index contributed by atoms with van der Waals surface area (Å²) in [6.45, 7) is 2.36. The van der Waals surface area contributed by atoms with Gasteiger partial charge in [0.2, 0.25) is 0 Å². The van der Waals surface area contributed by atoms with E-state index in [9.17, 15) is 5.11 Å². The minimum atomic E-state index is -0.287. The first-order valence-corrected chi connectivity index (χ1v) is 7.73. The number of aliphatic hydroxyl groups is 1. The van der Waals surface area contributed by atoms with E-state index in [0.717, 1.165) is 30.9 Å². The third kappa shape index (κ3) is 2.27. The molecule has 0 aliphatic heterocycles. The molecule has 2 aliphatic carbocycles. The van der Waals surface area contributed by atoms with E-state index in [2.05, 4.69) is 6.92 Å². The van der Waals surface area contributed by atoms with Crippen LogP contribution in [0.4, 0.5) is 0 Å². The maximum atomic E-state index is 9.97. The molecular weight excluding hydrogens is 230 g/mol. The summed E-state index contributed by atoms with van der Waals surface area (Å²) in [5.41, 5.74) is 1.01. The number of fused-ring (bicyclic) bond motifs is 1. The van der Waals surface area contributed by atoms with Crippen molar-refractivity contribution in [2.75, 3.05) is 0 Å². The van der Waals surface area contributed by atoms with Crippen molar-refractivity contribution in [3.63, 3.8) is 0 Å². The Kier molecular flexibility index (Phi) is 3.22. The molecule has 1 heterocycles. The molecule has 1 N–H and O–H groups in total. The van der Waals surface area contributed by atoms with Gasteiger partial charge < -0.3 is 5.11 Å². The van der Waals surface area contributed by atoms with Gasteiger partial charge >= 0.3 is 0 Å². The van der Waals surface area contributed by atoms with Gasteiger partial charge in [-0.2, -0.15) is 0 Å². The van der Waals surface area contributed by atoms with Crippen molar-refractivity contribution in [3.8, 4) is 0 Å². The van der Waals surface area contributed by atoms with Gasteiger partial charge in [-0.1, -0.05) is 19.8 Å². The Balaban J connectivity index is 1.83. The van der Waals surface area contributed by atoms with Crippen LogP contribution in [0.3, 0.4) is 0 Å². The summed E-state index contributed by atoms with van der Waals surface area (Å²) in [5.74, 6) is 1.51. The third-order valence-electron chi connectivity index (χ3n) is 4.23. The fourth-order valence-corrected chi connectivity index (χ4v) is 4.56. The summed E-state index contributed by atoms with van der Waals surface area (Å²) >= 11 is 1.88. The Morgan fingerprint density at radius 1 is 1.24 bits per heavy atom. The topological polar surface area (TPSA) is 33.1 Å². The molecular formula is C14H21NOS. The van der Waals surface area contributed by atoms with Crippen LogP contribution in [0.5, 0.6) is 0 Å². The summed E-state index contributed by atoms with van der Waals surface area (Å²) in [5, 5.41) is 11.3. The first kappa shape index (κ1) is 11.7. The van der Waals surface area contributed by atoms with Crippen LogP contribution in [0.1, 0.15) is 73.0 Å². The molecule has 3 heteroatoms. The number of aromatic nitrogens is 1. The molecule has 0 aromatic carbocycles. The van der Waals surface area contributed by atoms with Crippen LogP contribution < -0.4 is 0 Å². The number of rotatable bonds is 1. The van der Waals surface area contributed by atoms with Gasteiger partial charge in [0.25, 0.3) is 0 Å².